The molecular weight excluding hydrogens is 232 g/mol. The summed E-state index contributed by atoms with van der Waals surface area (Å²) in [6.45, 7) is 10.1. The van der Waals surface area contributed by atoms with Gasteiger partial charge in [-0.1, -0.05) is 13.8 Å². The summed E-state index contributed by atoms with van der Waals surface area (Å²) in [4.78, 5) is 2.46. The fraction of sp³-hybridized carbons (Fsp3) is 0.750. The summed E-state index contributed by atoms with van der Waals surface area (Å²) in [6, 6.07) is 2.37. The molecule has 0 amide bonds. The van der Waals surface area contributed by atoms with E-state index in [1.807, 2.05) is 6.07 Å². The molecule has 3 N–H and O–H groups in total. The van der Waals surface area contributed by atoms with Crippen molar-refractivity contribution in [1.29, 1.82) is 0 Å². The monoisotopic (exact) mass is 256 g/mol. The van der Waals surface area contributed by atoms with Gasteiger partial charge in [-0.15, -0.1) is 0 Å². The first-order chi connectivity index (χ1) is 8.15. The maximum absolute atomic E-state index is 5.58. The average Bonchev–Trinajstić information content (AvgIpc) is 2.70. The Kier molecular flexibility index (Phi) is 6.29. The highest BCUT2D eigenvalue weighted by atomic mass is 32.1. The number of rotatable bonds is 8. The predicted molar refractivity (Wildman–Crippen MR) is 76.6 cm³/mol. The van der Waals surface area contributed by atoms with E-state index in [4.69, 9.17) is 5.73 Å². The fourth-order valence-electron chi connectivity index (χ4n) is 1.83. The van der Waals surface area contributed by atoms with Crippen LogP contribution in [0.4, 0.5) is 10.8 Å². The van der Waals surface area contributed by atoms with E-state index in [1.165, 1.54) is 30.9 Å². The largest absolute Gasteiger partial charge is 0.383 e. The van der Waals surface area contributed by atoms with Gasteiger partial charge in [0.25, 0.3) is 0 Å². The van der Waals surface area contributed by atoms with Gasteiger partial charge in [0, 0.05) is 12.1 Å². The normalized spacial score (nSPS) is 12.9. The van der Waals surface area contributed by atoms with Crippen molar-refractivity contribution < 1.29 is 0 Å². The number of hydrogen-bond donors (Lipinski definition) is 2. The average molecular weight is 256 g/mol. The molecular formula is C12H24N4S. The molecule has 5 heteroatoms. The molecule has 0 fully saturated rings. The van der Waals surface area contributed by atoms with E-state index in [2.05, 4.69) is 35.4 Å². The first kappa shape index (κ1) is 14.3. The van der Waals surface area contributed by atoms with Gasteiger partial charge in [0.2, 0.25) is 0 Å². The summed E-state index contributed by atoms with van der Waals surface area (Å²) in [6.07, 6.45) is 2.40. The Morgan fingerprint density at radius 2 is 2.18 bits per heavy atom. The summed E-state index contributed by atoms with van der Waals surface area (Å²) in [5.41, 5.74) is 5.58. The SMILES string of the molecule is CCN(CC)CCCC(C)Nc1cc(N)ns1. The third-order valence-electron chi connectivity index (χ3n) is 2.92. The highest BCUT2D eigenvalue weighted by Crippen LogP contribution is 2.19. The van der Waals surface area contributed by atoms with Crippen LogP contribution in [0.3, 0.4) is 0 Å². The molecule has 98 valence electrons. The predicted octanol–water partition coefficient (Wildman–Crippen LogP) is 2.65. The number of nitrogens with two attached hydrogens (primary N) is 1. The number of aromatic nitrogens is 1. The zero-order chi connectivity index (χ0) is 12.7. The van der Waals surface area contributed by atoms with E-state index < -0.39 is 0 Å². The van der Waals surface area contributed by atoms with Crippen LogP contribution in [0.5, 0.6) is 0 Å². The Balaban J connectivity index is 2.19. The lowest BCUT2D eigenvalue weighted by atomic mass is 10.2. The van der Waals surface area contributed by atoms with E-state index in [9.17, 15) is 0 Å². The van der Waals surface area contributed by atoms with Gasteiger partial charge in [-0.2, -0.15) is 4.37 Å². The number of anilines is 2. The third kappa shape index (κ3) is 5.37. The van der Waals surface area contributed by atoms with Gasteiger partial charge in [-0.05, 0) is 50.9 Å². The van der Waals surface area contributed by atoms with Crippen LogP contribution in [0, 0.1) is 0 Å². The highest BCUT2D eigenvalue weighted by Gasteiger charge is 2.05. The van der Waals surface area contributed by atoms with Crippen LogP contribution in [0.25, 0.3) is 0 Å². The van der Waals surface area contributed by atoms with Crippen LogP contribution in [-0.2, 0) is 0 Å². The standard InChI is InChI=1S/C12H24N4S/c1-4-16(5-2)8-6-7-10(3)14-12-9-11(13)15-17-12/h9-10,14H,4-8H2,1-3H3,(H2,13,15). The van der Waals surface area contributed by atoms with Gasteiger partial charge in [0.15, 0.2) is 0 Å². The molecule has 0 bridgehead atoms. The Hall–Kier alpha value is -0.810. The molecule has 1 atom stereocenters. The lowest BCUT2D eigenvalue weighted by Gasteiger charge is -2.19. The van der Waals surface area contributed by atoms with Crippen LogP contribution in [0.15, 0.2) is 6.07 Å². The Morgan fingerprint density at radius 3 is 2.71 bits per heavy atom. The van der Waals surface area contributed by atoms with Crippen molar-refractivity contribution in [1.82, 2.24) is 9.27 Å². The van der Waals surface area contributed by atoms with E-state index in [0.717, 1.165) is 18.1 Å². The minimum absolute atomic E-state index is 0.477. The van der Waals surface area contributed by atoms with Crippen LogP contribution >= 0.6 is 11.5 Å². The number of nitrogen functional groups attached to an aromatic ring is 1. The molecule has 17 heavy (non-hydrogen) atoms. The van der Waals surface area contributed by atoms with Crippen LogP contribution in [0.1, 0.15) is 33.6 Å². The minimum Gasteiger partial charge on any atom is -0.383 e. The molecule has 1 aromatic rings. The minimum atomic E-state index is 0.477. The van der Waals surface area contributed by atoms with Gasteiger partial charge in [-0.3, -0.25) is 0 Å². The highest BCUT2D eigenvalue weighted by molar-refractivity contribution is 7.10. The smallest absolute Gasteiger partial charge is 0.139 e. The van der Waals surface area contributed by atoms with Gasteiger partial charge in [0.05, 0.1) is 0 Å². The molecule has 1 unspecified atom stereocenters. The van der Waals surface area contributed by atoms with Crippen molar-refractivity contribution in [3.05, 3.63) is 6.07 Å². The fourth-order valence-corrected chi connectivity index (χ4v) is 2.52. The molecule has 0 saturated heterocycles. The Bertz CT molecular complexity index is 309. The second kappa shape index (κ2) is 7.50. The lowest BCUT2D eigenvalue weighted by Crippen LogP contribution is -2.25. The summed E-state index contributed by atoms with van der Waals surface area (Å²) < 4.78 is 4.05. The van der Waals surface area contributed by atoms with E-state index in [-0.39, 0.29) is 0 Å². The number of nitrogens with zero attached hydrogens (tertiary/aromatic N) is 2. The summed E-state index contributed by atoms with van der Waals surface area (Å²) in [5, 5.41) is 4.50. The molecule has 0 radical (unpaired) electrons. The maximum atomic E-state index is 5.58. The van der Waals surface area contributed by atoms with Crippen LogP contribution in [-0.4, -0.2) is 34.9 Å². The topological polar surface area (TPSA) is 54.2 Å². The molecule has 0 saturated carbocycles. The second-order valence-corrected chi connectivity index (χ2v) is 5.14. The van der Waals surface area contributed by atoms with Gasteiger partial charge in [-0.25, -0.2) is 0 Å². The quantitative estimate of drug-likeness (QED) is 0.751. The molecule has 0 aliphatic rings. The van der Waals surface area contributed by atoms with Crippen LogP contribution < -0.4 is 11.1 Å². The second-order valence-electron chi connectivity index (χ2n) is 4.33. The van der Waals surface area contributed by atoms with Crippen molar-refractivity contribution in [2.45, 2.75) is 39.7 Å². The van der Waals surface area contributed by atoms with Crippen molar-refractivity contribution >= 4 is 22.4 Å². The molecule has 1 rings (SSSR count). The first-order valence-corrected chi connectivity index (χ1v) is 7.14. The molecule has 0 aliphatic carbocycles. The zero-order valence-electron chi connectivity index (χ0n) is 11.1. The number of hydrogen-bond acceptors (Lipinski definition) is 5. The molecule has 0 spiro atoms. The van der Waals surface area contributed by atoms with Gasteiger partial charge >= 0.3 is 0 Å². The summed E-state index contributed by atoms with van der Waals surface area (Å²) >= 11 is 1.43. The summed E-state index contributed by atoms with van der Waals surface area (Å²) in [7, 11) is 0. The molecule has 0 aliphatic heterocycles. The Morgan fingerprint density at radius 1 is 1.47 bits per heavy atom. The summed E-state index contributed by atoms with van der Waals surface area (Å²) in [5.74, 6) is 0.604. The van der Waals surface area contributed by atoms with E-state index in [0.29, 0.717) is 11.9 Å². The van der Waals surface area contributed by atoms with E-state index >= 15 is 0 Å². The zero-order valence-corrected chi connectivity index (χ0v) is 11.9. The Labute approximate surface area is 108 Å². The molecule has 1 heterocycles. The maximum Gasteiger partial charge on any atom is 0.139 e. The van der Waals surface area contributed by atoms with Gasteiger partial charge in [0.1, 0.15) is 10.8 Å². The van der Waals surface area contributed by atoms with Crippen molar-refractivity contribution in [2.24, 2.45) is 0 Å². The molecule has 4 nitrogen and oxygen atoms in total. The molecule has 1 aromatic heterocycles. The van der Waals surface area contributed by atoms with Crippen molar-refractivity contribution in [2.75, 3.05) is 30.7 Å². The van der Waals surface area contributed by atoms with E-state index in [1.54, 1.807) is 0 Å². The first-order valence-electron chi connectivity index (χ1n) is 6.36. The van der Waals surface area contributed by atoms with Crippen molar-refractivity contribution in [3.8, 4) is 0 Å². The van der Waals surface area contributed by atoms with Gasteiger partial charge < -0.3 is 16.0 Å². The number of nitrogens with one attached hydrogen (secondary N) is 1. The lowest BCUT2D eigenvalue weighted by molar-refractivity contribution is 0.295. The molecule has 0 aromatic carbocycles. The third-order valence-corrected chi connectivity index (χ3v) is 3.66. The van der Waals surface area contributed by atoms with Crippen molar-refractivity contribution in [3.63, 3.8) is 0 Å². The van der Waals surface area contributed by atoms with Crippen LogP contribution in [0.2, 0.25) is 0 Å².